The Morgan fingerprint density at radius 1 is 1.42 bits per heavy atom. The summed E-state index contributed by atoms with van der Waals surface area (Å²) in [4.78, 5) is 32.8. The summed E-state index contributed by atoms with van der Waals surface area (Å²) >= 11 is 1.48. The number of nitrogens with two attached hydrogens (primary N) is 1. The predicted molar refractivity (Wildman–Crippen MR) is 72.5 cm³/mol. The zero-order valence-corrected chi connectivity index (χ0v) is 11.2. The van der Waals surface area contributed by atoms with Crippen LogP contribution in [0.5, 0.6) is 0 Å². The molecule has 1 atom stereocenters. The Labute approximate surface area is 115 Å². The number of aliphatic carboxylic acids is 1. The van der Waals surface area contributed by atoms with E-state index in [1.807, 2.05) is 0 Å². The molecule has 0 aliphatic carbocycles. The molecule has 0 spiro atoms. The Hall–Kier alpha value is -1.88. The third-order valence-electron chi connectivity index (χ3n) is 2.00. The van der Waals surface area contributed by atoms with Gasteiger partial charge in [-0.2, -0.15) is 0 Å². The highest BCUT2D eigenvalue weighted by Crippen LogP contribution is 1.98. The maximum Gasteiger partial charge on any atom is 0.326 e. The molecule has 0 saturated carbocycles. The number of carbonyl (C=O) groups is 3. The fourth-order valence-electron chi connectivity index (χ4n) is 1.12. The maximum absolute atomic E-state index is 11.4. The highest BCUT2D eigenvalue weighted by molar-refractivity contribution is 7.99. The fourth-order valence-corrected chi connectivity index (χ4v) is 1.63. The van der Waals surface area contributed by atoms with Gasteiger partial charge in [-0.05, 0) is 6.42 Å². The molecule has 106 valence electrons. The van der Waals surface area contributed by atoms with Crippen molar-refractivity contribution in [1.29, 1.82) is 0 Å². The molecule has 8 heteroatoms. The van der Waals surface area contributed by atoms with E-state index < -0.39 is 23.9 Å². The molecule has 19 heavy (non-hydrogen) atoms. The number of terminal acetylenes is 1. The molecule has 7 nitrogen and oxygen atoms in total. The van der Waals surface area contributed by atoms with Crippen LogP contribution in [0.15, 0.2) is 0 Å². The molecule has 0 saturated heterocycles. The van der Waals surface area contributed by atoms with Crippen LogP contribution in [-0.4, -0.2) is 47.1 Å². The number of carboxylic acids is 1. The average Bonchev–Trinajstić information content (AvgIpc) is 2.33. The van der Waals surface area contributed by atoms with Crippen molar-refractivity contribution in [2.45, 2.75) is 18.9 Å². The van der Waals surface area contributed by atoms with E-state index in [1.54, 1.807) is 0 Å². The lowest BCUT2D eigenvalue weighted by Gasteiger charge is -2.14. The zero-order chi connectivity index (χ0) is 14.7. The SMILES string of the molecule is C#CCSCCNC(=O)NC(CCC(N)=O)C(=O)O. The van der Waals surface area contributed by atoms with Crippen LogP contribution in [0.1, 0.15) is 12.8 Å². The van der Waals surface area contributed by atoms with Crippen molar-refractivity contribution in [1.82, 2.24) is 10.6 Å². The molecule has 0 aliphatic heterocycles. The quantitative estimate of drug-likeness (QED) is 0.332. The molecular formula is C11H17N3O4S. The number of hydrogen-bond donors (Lipinski definition) is 4. The summed E-state index contributed by atoms with van der Waals surface area (Å²) in [5.41, 5.74) is 4.92. The lowest BCUT2D eigenvalue weighted by molar-refractivity contribution is -0.139. The first-order valence-corrected chi connectivity index (χ1v) is 6.69. The summed E-state index contributed by atoms with van der Waals surface area (Å²) in [6, 6.07) is -1.73. The van der Waals surface area contributed by atoms with E-state index in [9.17, 15) is 14.4 Å². The Bertz CT molecular complexity index is 367. The molecule has 0 aromatic carbocycles. The van der Waals surface area contributed by atoms with Crippen molar-refractivity contribution >= 4 is 29.7 Å². The molecule has 1 unspecified atom stereocenters. The molecule has 0 bridgehead atoms. The second kappa shape index (κ2) is 10.1. The van der Waals surface area contributed by atoms with Crippen molar-refractivity contribution in [3.8, 4) is 12.3 Å². The number of primary amides is 1. The van der Waals surface area contributed by atoms with E-state index in [4.69, 9.17) is 17.3 Å². The summed E-state index contributed by atoms with van der Waals surface area (Å²) in [5.74, 6) is 1.81. The van der Waals surface area contributed by atoms with Crippen LogP contribution < -0.4 is 16.4 Å². The van der Waals surface area contributed by atoms with E-state index in [0.717, 1.165) is 0 Å². The highest BCUT2D eigenvalue weighted by atomic mass is 32.2. The lowest BCUT2D eigenvalue weighted by atomic mass is 10.1. The van der Waals surface area contributed by atoms with Gasteiger partial charge in [0.1, 0.15) is 6.04 Å². The van der Waals surface area contributed by atoms with Crippen molar-refractivity contribution in [2.75, 3.05) is 18.1 Å². The van der Waals surface area contributed by atoms with Crippen LogP contribution in [0.3, 0.4) is 0 Å². The second-order valence-corrected chi connectivity index (χ2v) is 4.66. The molecule has 3 amide bonds. The van der Waals surface area contributed by atoms with Crippen LogP contribution in [-0.2, 0) is 9.59 Å². The van der Waals surface area contributed by atoms with Gasteiger partial charge in [0.05, 0.1) is 5.75 Å². The summed E-state index contributed by atoms with van der Waals surface area (Å²) in [6.45, 7) is 0.375. The third-order valence-corrected chi connectivity index (χ3v) is 2.86. The van der Waals surface area contributed by atoms with E-state index in [0.29, 0.717) is 18.1 Å². The van der Waals surface area contributed by atoms with Crippen LogP contribution in [0.2, 0.25) is 0 Å². The minimum Gasteiger partial charge on any atom is -0.480 e. The lowest BCUT2D eigenvalue weighted by Crippen LogP contribution is -2.46. The maximum atomic E-state index is 11.4. The van der Waals surface area contributed by atoms with Gasteiger partial charge < -0.3 is 21.5 Å². The predicted octanol–water partition coefficient (Wildman–Crippen LogP) is -0.629. The Morgan fingerprint density at radius 3 is 2.63 bits per heavy atom. The molecule has 0 rings (SSSR count). The number of carboxylic acid groups (broad SMARTS) is 1. The summed E-state index contributed by atoms with van der Waals surface area (Å²) in [6.07, 6.45) is 4.91. The first kappa shape index (κ1) is 17.1. The first-order chi connectivity index (χ1) is 8.97. The molecule has 0 aromatic rings. The van der Waals surface area contributed by atoms with Gasteiger partial charge in [-0.3, -0.25) is 4.79 Å². The molecule has 0 radical (unpaired) electrons. The minimum absolute atomic E-state index is 0.0378. The smallest absolute Gasteiger partial charge is 0.326 e. The van der Waals surface area contributed by atoms with Crippen molar-refractivity contribution in [3.63, 3.8) is 0 Å². The third kappa shape index (κ3) is 9.79. The van der Waals surface area contributed by atoms with Gasteiger partial charge in [-0.1, -0.05) is 5.92 Å². The monoisotopic (exact) mass is 287 g/mol. The van der Waals surface area contributed by atoms with E-state index in [1.165, 1.54) is 11.8 Å². The van der Waals surface area contributed by atoms with Gasteiger partial charge >= 0.3 is 12.0 Å². The Morgan fingerprint density at radius 2 is 2.11 bits per heavy atom. The molecule has 0 heterocycles. The highest BCUT2D eigenvalue weighted by Gasteiger charge is 2.20. The number of nitrogens with one attached hydrogen (secondary N) is 2. The van der Waals surface area contributed by atoms with E-state index in [-0.39, 0.29) is 12.8 Å². The Balaban J connectivity index is 3.94. The standard InChI is InChI=1S/C11H17N3O4S/c1-2-6-19-7-5-13-11(18)14-8(10(16)17)3-4-9(12)15/h1,8H,3-7H2,(H2,12,15)(H,16,17)(H2,13,14,18). The van der Waals surface area contributed by atoms with Crippen molar-refractivity contribution in [2.24, 2.45) is 5.73 Å². The van der Waals surface area contributed by atoms with Crippen molar-refractivity contribution < 1.29 is 19.5 Å². The minimum atomic E-state index is -1.21. The number of thioether (sulfide) groups is 1. The normalized spacial score (nSPS) is 11.1. The number of carbonyl (C=O) groups excluding carboxylic acids is 2. The van der Waals surface area contributed by atoms with Gasteiger partial charge in [0.25, 0.3) is 0 Å². The zero-order valence-electron chi connectivity index (χ0n) is 10.3. The number of urea groups is 1. The van der Waals surface area contributed by atoms with Gasteiger partial charge in [-0.15, -0.1) is 18.2 Å². The van der Waals surface area contributed by atoms with Gasteiger partial charge in [0.2, 0.25) is 5.91 Å². The van der Waals surface area contributed by atoms with Crippen LogP contribution in [0.4, 0.5) is 4.79 Å². The van der Waals surface area contributed by atoms with Crippen molar-refractivity contribution in [3.05, 3.63) is 0 Å². The van der Waals surface area contributed by atoms with E-state index in [2.05, 4.69) is 16.6 Å². The fraction of sp³-hybridized carbons (Fsp3) is 0.545. The largest absolute Gasteiger partial charge is 0.480 e. The molecule has 0 aromatic heterocycles. The van der Waals surface area contributed by atoms with Gasteiger partial charge in [0.15, 0.2) is 0 Å². The topological polar surface area (TPSA) is 122 Å². The Kier molecular flexibility index (Phi) is 9.08. The van der Waals surface area contributed by atoms with E-state index >= 15 is 0 Å². The van der Waals surface area contributed by atoms with Crippen LogP contribution in [0.25, 0.3) is 0 Å². The van der Waals surface area contributed by atoms with Crippen LogP contribution in [0, 0.1) is 12.3 Å². The first-order valence-electron chi connectivity index (χ1n) is 5.54. The van der Waals surface area contributed by atoms with Gasteiger partial charge in [-0.25, -0.2) is 9.59 Å². The number of amides is 3. The molecule has 0 aliphatic rings. The molecule has 0 fully saturated rings. The number of hydrogen-bond acceptors (Lipinski definition) is 4. The average molecular weight is 287 g/mol. The summed E-state index contributed by atoms with van der Waals surface area (Å²) in [5, 5.41) is 13.6. The summed E-state index contributed by atoms with van der Waals surface area (Å²) < 4.78 is 0. The number of rotatable bonds is 9. The molecule has 5 N–H and O–H groups in total. The van der Waals surface area contributed by atoms with Gasteiger partial charge in [0, 0.05) is 18.7 Å². The molecular weight excluding hydrogens is 270 g/mol. The van der Waals surface area contributed by atoms with Crippen LogP contribution >= 0.6 is 11.8 Å². The summed E-state index contributed by atoms with van der Waals surface area (Å²) in [7, 11) is 0. The second-order valence-electron chi connectivity index (χ2n) is 3.55.